The fourth-order valence-electron chi connectivity index (χ4n) is 0.862. The average molecular weight is 178 g/mol. The second kappa shape index (κ2) is 3.97. The minimum Gasteiger partial charge on any atom is -0.299 e. The molecule has 0 radical (unpaired) electrons. The summed E-state index contributed by atoms with van der Waals surface area (Å²) in [6, 6.07) is 0. The second-order valence-electron chi connectivity index (χ2n) is 3.74. The lowest BCUT2D eigenvalue weighted by Gasteiger charge is -2.18. The predicted octanol–water partition coefficient (Wildman–Crippen LogP) is 2.89. The fourth-order valence-corrected chi connectivity index (χ4v) is 0.862. The first kappa shape index (κ1) is 11.5. The summed E-state index contributed by atoms with van der Waals surface area (Å²) in [5.41, 5.74) is 0. The van der Waals surface area contributed by atoms with E-state index in [9.17, 15) is 13.6 Å². The molecule has 0 saturated carbocycles. The molecule has 0 aliphatic carbocycles. The van der Waals surface area contributed by atoms with Crippen LogP contribution < -0.4 is 0 Å². The van der Waals surface area contributed by atoms with Crippen molar-refractivity contribution in [3.63, 3.8) is 0 Å². The van der Waals surface area contributed by atoms with Crippen LogP contribution in [0.4, 0.5) is 8.78 Å². The highest BCUT2D eigenvalue weighted by atomic mass is 19.3. The lowest BCUT2D eigenvalue weighted by Crippen LogP contribution is -2.29. The van der Waals surface area contributed by atoms with Gasteiger partial charge in [0.15, 0.2) is 0 Å². The zero-order chi connectivity index (χ0) is 9.94. The van der Waals surface area contributed by atoms with Gasteiger partial charge in [-0.15, -0.1) is 0 Å². The third-order valence-electron chi connectivity index (χ3n) is 1.85. The van der Waals surface area contributed by atoms with Gasteiger partial charge in [0.2, 0.25) is 0 Å². The van der Waals surface area contributed by atoms with Crippen molar-refractivity contribution in [1.29, 1.82) is 0 Å². The maximum Gasteiger partial charge on any atom is 0.254 e. The number of rotatable bonds is 4. The van der Waals surface area contributed by atoms with E-state index in [2.05, 4.69) is 0 Å². The van der Waals surface area contributed by atoms with E-state index in [0.717, 1.165) is 6.92 Å². The molecule has 12 heavy (non-hydrogen) atoms. The van der Waals surface area contributed by atoms with Crippen LogP contribution in [0.25, 0.3) is 0 Å². The van der Waals surface area contributed by atoms with Gasteiger partial charge < -0.3 is 0 Å². The Labute approximate surface area is 72.2 Å². The van der Waals surface area contributed by atoms with Crippen molar-refractivity contribution in [2.45, 2.75) is 40.0 Å². The van der Waals surface area contributed by atoms with E-state index in [-0.39, 0.29) is 18.1 Å². The Morgan fingerprint density at radius 1 is 1.33 bits per heavy atom. The van der Waals surface area contributed by atoms with E-state index in [1.165, 1.54) is 6.92 Å². The summed E-state index contributed by atoms with van der Waals surface area (Å²) in [5, 5.41) is 0. The van der Waals surface area contributed by atoms with Crippen LogP contribution in [0.1, 0.15) is 34.1 Å². The van der Waals surface area contributed by atoms with Crippen molar-refractivity contribution >= 4 is 5.78 Å². The molecule has 1 atom stereocenters. The third-order valence-corrected chi connectivity index (χ3v) is 1.85. The monoisotopic (exact) mass is 178 g/mol. The van der Waals surface area contributed by atoms with Gasteiger partial charge in [0.1, 0.15) is 5.78 Å². The Bertz CT molecular complexity index is 158. The molecule has 0 saturated heterocycles. The molecule has 1 nitrogen and oxygen atoms in total. The Kier molecular flexibility index (Phi) is 3.81. The highest BCUT2D eigenvalue weighted by Crippen LogP contribution is 2.25. The maximum atomic E-state index is 12.6. The number of alkyl halides is 2. The molecule has 0 aliphatic heterocycles. The van der Waals surface area contributed by atoms with Crippen LogP contribution in [-0.2, 0) is 4.79 Å². The van der Waals surface area contributed by atoms with Gasteiger partial charge >= 0.3 is 0 Å². The van der Waals surface area contributed by atoms with Gasteiger partial charge in [0.05, 0.1) is 5.92 Å². The second-order valence-corrected chi connectivity index (χ2v) is 3.74. The number of hydrogen-bond donors (Lipinski definition) is 0. The molecule has 0 N–H and O–H groups in total. The Morgan fingerprint density at radius 3 is 2.00 bits per heavy atom. The number of carbonyl (C=O) groups is 1. The summed E-state index contributed by atoms with van der Waals surface area (Å²) in [6.07, 6.45) is 0.241. The zero-order valence-electron chi connectivity index (χ0n) is 8.03. The summed E-state index contributed by atoms with van der Waals surface area (Å²) in [6.45, 7) is 5.76. The van der Waals surface area contributed by atoms with Crippen LogP contribution in [0.3, 0.4) is 0 Å². The first-order valence-corrected chi connectivity index (χ1v) is 4.15. The van der Waals surface area contributed by atoms with E-state index >= 15 is 0 Å². The predicted molar refractivity (Wildman–Crippen MR) is 44.2 cm³/mol. The highest BCUT2D eigenvalue weighted by molar-refractivity contribution is 5.81. The Hall–Kier alpha value is -0.470. The van der Waals surface area contributed by atoms with Gasteiger partial charge in [0.25, 0.3) is 5.92 Å². The van der Waals surface area contributed by atoms with Crippen LogP contribution >= 0.6 is 0 Å². The van der Waals surface area contributed by atoms with Gasteiger partial charge in [-0.2, -0.15) is 0 Å². The minimum absolute atomic E-state index is 0.155. The lowest BCUT2D eigenvalue weighted by atomic mass is 9.93. The average Bonchev–Trinajstić information content (AvgIpc) is 1.82. The van der Waals surface area contributed by atoms with Gasteiger partial charge in [-0.25, -0.2) is 8.78 Å². The van der Waals surface area contributed by atoms with E-state index < -0.39 is 11.8 Å². The van der Waals surface area contributed by atoms with Crippen molar-refractivity contribution in [3.05, 3.63) is 0 Å². The quantitative estimate of drug-likeness (QED) is 0.647. The van der Waals surface area contributed by atoms with Gasteiger partial charge in [-0.05, 0) is 12.8 Å². The Morgan fingerprint density at radius 2 is 1.75 bits per heavy atom. The van der Waals surface area contributed by atoms with Crippen molar-refractivity contribution in [3.8, 4) is 0 Å². The highest BCUT2D eigenvalue weighted by Gasteiger charge is 2.35. The van der Waals surface area contributed by atoms with E-state index in [1.54, 1.807) is 0 Å². The minimum atomic E-state index is -2.88. The summed E-state index contributed by atoms with van der Waals surface area (Å²) >= 11 is 0. The number of ketones is 1. The smallest absolute Gasteiger partial charge is 0.254 e. The summed E-state index contributed by atoms with van der Waals surface area (Å²) < 4.78 is 25.2. The van der Waals surface area contributed by atoms with Crippen LogP contribution in [0, 0.1) is 11.8 Å². The number of carbonyl (C=O) groups excluding carboxylic acids is 1. The van der Waals surface area contributed by atoms with E-state index in [0.29, 0.717) is 0 Å². The number of hydrogen-bond acceptors (Lipinski definition) is 1. The third kappa shape index (κ3) is 3.79. The van der Waals surface area contributed by atoms with Crippen molar-refractivity contribution < 1.29 is 13.6 Å². The van der Waals surface area contributed by atoms with Crippen LogP contribution in [0.5, 0.6) is 0 Å². The molecule has 0 aliphatic rings. The summed E-state index contributed by atoms with van der Waals surface area (Å²) in [5.74, 6) is -4.23. The van der Waals surface area contributed by atoms with Gasteiger partial charge in [0, 0.05) is 13.3 Å². The van der Waals surface area contributed by atoms with Crippen LogP contribution in [0.2, 0.25) is 0 Å². The molecule has 72 valence electrons. The first-order valence-electron chi connectivity index (χ1n) is 4.15. The summed E-state index contributed by atoms with van der Waals surface area (Å²) in [4.78, 5) is 11.1. The molecular formula is C9H16F2O. The fraction of sp³-hybridized carbons (Fsp3) is 0.889. The van der Waals surface area contributed by atoms with E-state index in [1.807, 2.05) is 13.8 Å². The van der Waals surface area contributed by atoms with Crippen molar-refractivity contribution in [2.24, 2.45) is 11.8 Å². The molecule has 0 unspecified atom stereocenters. The lowest BCUT2D eigenvalue weighted by molar-refractivity contribution is -0.134. The Balaban J connectivity index is 4.12. The molecule has 0 aromatic heterocycles. The van der Waals surface area contributed by atoms with E-state index in [4.69, 9.17) is 0 Å². The molecule has 0 aromatic carbocycles. The molecule has 3 heteroatoms. The van der Waals surface area contributed by atoms with Crippen LogP contribution in [0.15, 0.2) is 0 Å². The largest absolute Gasteiger partial charge is 0.299 e. The molecule has 0 fully saturated rings. The first-order chi connectivity index (χ1) is 5.25. The van der Waals surface area contributed by atoms with Crippen molar-refractivity contribution in [2.75, 3.05) is 0 Å². The standard InChI is InChI=1S/C9H16F2O/c1-6(2)5-8(12)7(3)9(4,10)11/h6-7H,5H2,1-4H3/t7-/m1/s1. The molecule has 0 spiro atoms. The van der Waals surface area contributed by atoms with Crippen molar-refractivity contribution in [1.82, 2.24) is 0 Å². The van der Waals surface area contributed by atoms with Crippen LogP contribution in [-0.4, -0.2) is 11.7 Å². The molecule has 0 aromatic rings. The zero-order valence-corrected chi connectivity index (χ0v) is 8.03. The molecular weight excluding hydrogens is 162 g/mol. The van der Waals surface area contributed by atoms with Gasteiger partial charge in [-0.1, -0.05) is 13.8 Å². The molecule has 0 bridgehead atoms. The molecule has 0 rings (SSSR count). The molecule has 0 heterocycles. The topological polar surface area (TPSA) is 17.1 Å². The maximum absolute atomic E-state index is 12.6. The van der Waals surface area contributed by atoms with Gasteiger partial charge in [-0.3, -0.25) is 4.79 Å². The SMILES string of the molecule is CC(C)CC(=O)[C@@H](C)C(C)(F)F. The summed E-state index contributed by atoms with van der Waals surface area (Å²) in [7, 11) is 0. The number of Topliss-reactive ketones (excluding diaryl/α,β-unsaturated/α-hetero) is 1. The number of halogens is 2. The molecule has 0 amide bonds. The normalized spacial score (nSPS) is 14.9.